The van der Waals surface area contributed by atoms with Crippen LogP contribution in [-0.4, -0.2) is 10.8 Å². The number of nitrogens with zero attached hydrogens (tertiary/aromatic N) is 1. The number of fused-ring (bicyclic) bond motifs is 1. The van der Waals surface area contributed by atoms with Crippen LogP contribution in [0.25, 0.3) is 11.1 Å². The first-order valence-electron chi connectivity index (χ1n) is 5.11. The molecule has 0 radical (unpaired) electrons. The number of hydrogen-bond acceptors (Lipinski definition) is 3. The highest BCUT2D eigenvalue weighted by Gasteiger charge is 2.45. The van der Waals surface area contributed by atoms with Crippen LogP contribution in [0, 0.1) is 5.92 Å². The van der Waals surface area contributed by atoms with Crippen LogP contribution in [-0.2, 0) is 4.79 Å². The molecule has 0 amide bonds. The zero-order chi connectivity index (χ0) is 10.4. The highest BCUT2D eigenvalue weighted by Crippen LogP contribution is 2.47. The number of carbonyl (C=O) groups is 1. The zero-order valence-electron chi connectivity index (χ0n) is 8.43. The molecule has 2 aromatic rings. The van der Waals surface area contributed by atoms with Crippen LogP contribution >= 0.6 is 0 Å². The first kappa shape index (κ1) is 8.65. The summed E-state index contributed by atoms with van der Waals surface area (Å²) in [5.74, 6) is 1.31. The van der Waals surface area contributed by atoms with Gasteiger partial charge >= 0.3 is 0 Å². The number of carbonyl (C=O) groups excluding carboxylic acids is 1. The van der Waals surface area contributed by atoms with E-state index in [0.717, 1.165) is 23.4 Å². The van der Waals surface area contributed by atoms with E-state index in [0.29, 0.717) is 0 Å². The monoisotopic (exact) mass is 201 g/mol. The molecular weight excluding hydrogens is 190 g/mol. The third-order valence-electron chi connectivity index (χ3n) is 2.94. The quantitative estimate of drug-likeness (QED) is 0.749. The Bertz CT molecular complexity index is 496. The molecule has 0 aliphatic heterocycles. The van der Waals surface area contributed by atoms with Crippen LogP contribution in [0.2, 0.25) is 0 Å². The SMILES string of the molecule is CC(=O)C1CC1c1nc2ccccc2o1. The lowest BCUT2D eigenvalue weighted by Gasteiger charge is -1.88. The van der Waals surface area contributed by atoms with Crippen molar-refractivity contribution < 1.29 is 9.21 Å². The Kier molecular flexibility index (Phi) is 1.69. The van der Waals surface area contributed by atoms with Gasteiger partial charge < -0.3 is 4.42 Å². The highest BCUT2D eigenvalue weighted by atomic mass is 16.3. The Labute approximate surface area is 87.1 Å². The van der Waals surface area contributed by atoms with Gasteiger partial charge in [-0.05, 0) is 25.5 Å². The minimum Gasteiger partial charge on any atom is -0.440 e. The van der Waals surface area contributed by atoms with Crippen LogP contribution in [0.3, 0.4) is 0 Å². The topological polar surface area (TPSA) is 43.1 Å². The van der Waals surface area contributed by atoms with Crippen LogP contribution in [0.15, 0.2) is 28.7 Å². The van der Waals surface area contributed by atoms with E-state index < -0.39 is 0 Å². The third-order valence-corrected chi connectivity index (χ3v) is 2.94. The molecule has 1 fully saturated rings. The molecule has 0 bridgehead atoms. The van der Waals surface area contributed by atoms with Gasteiger partial charge in [-0.1, -0.05) is 12.1 Å². The van der Waals surface area contributed by atoms with E-state index in [1.807, 2.05) is 24.3 Å². The lowest BCUT2D eigenvalue weighted by atomic mass is 10.2. The molecule has 15 heavy (non-hydrogen) atoms. The first-order valence-corrected chi connectivity index (χ1v) is 5.11. The van der Waals surface area contributed by atoms with Crippen molar-refractivity contribution in [2.45, 2.75) is 19.3 Å². The summed E-state index contributed by atoms with van der Waals surface area (Å²) in [7, 11) is 0. The normalized spacial score (nSPS) is 24.3. The maximum atomic E-state index is 11.1. The molecule has 2 atom stereocenters. The summed E-state index contributed by atoms with van der Waals surface area (Å²) in [4.78, 5) is 15.5. The second-order valence-electron chi connectivity index (χ2n) is 4.08. The van der Waals surface area contributed by atoms with Gasteiger partial charge in [-0.3, -0.25) is 4.79 Å². The van der Waals surface area contributed by atoms with Crippen molar-refractivity contribution in [2.75, 3.05) is 0 Å². The molecule has 0 spiro atoms. The van der Waals surface area contributed by atoms with Gasteiger partial charge in [0.1, 0.15) is 11.3 Å². The minimum absolute atomic E-state index is 0.137. The molecule has 3 nitrogen and oxygen atoms in total. The van der Waals surface area contributed by atoms with Crippen LogP contribution < -0.4 is 0 Å². The number of rotatable bonds is 2. The Morgan fingerprint density at radius 3 is 2.93 bits per heavy atom. The van der Waals surface area contributed by atoms with Gasteiger partial charge in [0.2, 0.25) is 0 Å². The number of ketones is 1. The second-order valence-corrected chi connectivity index (χ2v) is 4.08. The molecule has 1 aliphatic carbocycles. The van der Waals surface area contributed by atoms with Crippen LogP contribution in [0.5, 0.6) is 0 Å². The molecule has 1 aliphatic rings. The van der Waals surface area contributed by atoms with Gasteiger partial charge in [0, 0.05) is 11.8 Å². The summed E-state index contributed by atoms with van der Waals surface area (Å²) in [6.07, 6.45) is 0.891. The number of aromatic nitrogens is 1. The molecule has 76 valence electrons. The molecule has 2 unspecified atom stereocenters. The summed E-state index contributed by atoms with van der Waals surface area (Å²) in [6.45, 7) is 1.63. The van der Waals surface area contributed by atoms with Gasteiger partial charge in [-0.15, -0.1) is 0 Å². The van der Waals surface area contributed by atoms with Crippen LogP contribution in [0.4, 0.5) is 0 Å². The average molecular weight is 201 g/mol. The summed E-state index contributed by atoms with van der Waals surface area (Å²) in [5, 5.41) is 0. The van der Waals surface area contributed by atoms with Crippen LogP contribution in [0.1, 0.15) is 25.2 Å². The predicted molar refractivity (Wildman–Crippen MR) is 55.5 cm³/mol. The van der Waals surface area contributed by atoms with E-state index in [1.165, 1.54) is 0 Å². The summed E-state index contributed by atoms with van der Waals surface area (Å²) < 4.78 is 5.61. The Hall–Kier alpha value is -1.64. The molecule has 0 N–H and O–H groups in total. The smallest absolute Gasteiger partial charge is 0.199 e. The highest BCUT2D eigenvalue weighted by molar-refractivity contribution is 5.82. The Balaban J connectivity index is 1.97. The first-order chi connectivity index (χ1) is 7.25. The lowest BCUT2D eigenvalue weighted by Crippen LogP contribution is -1.94. The molecule has 0 saturated heterocycles. The van der Waals surface area contributed by atoms with Gasteiger partial charge in [0.05, 0.1) is 0 Å². The number of hydrogen-bond donors (Lipinski definition) is 0. The molecule has 1 heterocycles. The maximum Gasteiger partial charge on any atom is 0.199 e. The fourth-order valence-corrected chi connectivity index (χ4v) is 1.97. The summed E-state index contributed by atoms with van der Waals surface area (Å²) in [5.41, 5.74) is 1.68. The summed E-state index contributed by atoms with van der Waals surface area (Å²) >= 11 is 0. The van der Waals surface area contributed by atoms with Gasteiger partial charge in [0.15, 0.2) is 11.5 Å². The molecular formula is C12H11NO2. The van der Waals surface area contributed by atoms with Crippen molar-refractivity contribution in [2.24, 2.45) is 5.92 Å². The molecule has 3 heteroatoms. The fourth-order valence-electron chi connectivity index (χ4n) is 1.97. The van der Waals surface area contributed by atoms with Crippen molar-refractivity contribution in [3.05, 3.63) is 30.2 Å². The van der Waals surface area contributed by atoms with Gasteiger partial charge in [-0.2, -0.15) is 0 Å². The minimum atomic E-state index is 0.137. The van der Waals surface area contributed by atoms with E-state index in [9.17, 15) is 4.79 Å². The second kappa shape index (κ2) is 2.92. The van der Waals surface area contributed by atoms with Crippen molar-refractivity contribution in [3.8, 4) is 0 Å². The molecule has 3 rings (SSSR count). The molecule has 1 aromatic heterocycles. The predicted octanol–water partition coefficient (Wildman–Crippen LogP) is 2.52. The number of oxazole rings is 1. The van der Waals surface area contributed by atoms with Crippen molar-refractivity contribution in [1.29, 1.82) is 0 Å². The van der Waals surface area contributed by atoms with E-state index in [-0.39, 0.29) is 17.6 Å². The standard InChI is InChI=1S/C12H11NO2/c1-7(14)8-6-9(8)12-13-10-4-2-3-5-11(10)15-12/h2-5,8-9H,6H2,1H3. The number of benzene rings is 1. The number of Topliss-reactive ketones (excluding diaryl/α,β-unsaturated/α-hetero) is 1. The molecule has 1 saturated carbocycles. The van der Waals surface area contributed by atoms with E-state index >= 15 is 0 Å². The van der Waals surface area contributed by atoms with Crippen molar-refractivity contribution in [3.63, 3.8) is 0 Å². The Morgan fingerprint density at radius 2 is 2.27 bits per heavy atom. The van der Waals surface area contributed by atoms with E-state index in [4.69, 9.17) is 4.42 Å². The largest absolute Gasteiger partial charge is 0.440 e. The van der Waals surface area contributed by atoms with Crippen molar-refractivity contribution >= 4 is 16.9 Å². The van der Waals surface area contributed by atoms with Gasteiger partial charge in [-0.25, -0.2) is 4.98 Å². The van der Waals surface area contributed by atoms with Gasteiger partial charge in [0.25, 0.3) is 0 Å². The number of para-hydroxylation sites is 2. The molecule has 1 aromatic carbocycles. The fraction of sp³-hybridized carbons (Fsp3) is 0.333. The lowest BCUT2D eigenvalue weighted by molar-refractivity contribution is -0.118. The maximum absolute atomic E-state index is 11.1. The average Bonchev–Trinajstić information content (AvgIpc) is 2.91. The summed E-state index contributed by atoms with van der Waals surface area (Å²) in [6, 6.07) is 7.68. The Morgan fingerprint density at radius 1 is 1.47 bits per heavy atom. The zero-order valence-corrected chi connectivity index (χ0v) is 8.43. The third kappa shape index (κ3) is 1.35. The van der Waals surface area contributed by atoms with Crippen molar-refractivity contribution in [1.82, 2.24) is 4.98 Å². The van der Waals surface area contributed by atoms with E-state index in [2.05, 4.69) is 4.98 Å². The van der Waals surface area contributed by atoms with E-state index in [1.54, 1.807) is 6.92 Å².